The minimum atomic E-state index is -0.758. The summed E-state index contributed by atoms with van der Waals surface area (Å²) in [5.74, 6) is 0. The molecule has 1 aliphatic rings. The minimum Gasteiger partial charge on any atom is -0.388 e. The number of piperidine rings is 1. The van der Waals surface area contributed by atoms with E-state index >= 15 is 0 Å². The van der Waals surface area contributed by atoms with Crippen LogP contribution < -0.4 is 4.90 Å². The van der Waals surface area contributed by atoms with E-state index in [1.54, 1.807) is 0 Å². The molecule has 0 radical (unpaired) electrons. The Balaban J connectivity index is 2.17. The molecule has 1 heterocycles. The molecule has 2 N–H and O–H groups in total. The molecule has 3 nitrogen and oxygen atoms in total. The lowest BCUT2D eigenvalue weighted by atomic mass is 10.1. The van der Waals surface area contributed by atoms with Crippen molar-refractivity contribution >= 4 is 5.69 Å². The van der Waals surface area contributed by atoms with E-state index in [4.69, 9.17) is 0 Å². The quantitative estimate of drug-likeness (QED) is 0.698. The van der Waals surface area contributed by atoms with Crippen LogP contribution in [-0.4, -0.2) is 29.1 Å². The van der Waals surface area contributed by atoms with Gasteiger partial charge < -0.3 is 15.1 Å². The van der Waals surface area contributed by atoms with Crippen molar-refractivity contribution in [2.45, 2.75) is 25.2 Å². The lowest BCUT2D eigenvalue weighted by Crippen LogP contribution is -2.48. The van der Waals surface area contributed by atoms with Gasteiger partial charge in [-0.3, -0.25) is 0 Å². The Bertz CT molecular complexity index is 289. The van der Waals surface area contributed by atoms with Crippen molar-refractivity contribution in [3.63, 3.8) is 0 Å². The minimum absolute atomic E-state index is 0.621. The summed E-state index contributed by atoms with van der Waals surface area (Å²) in [6.45, 7) is 0.808. The predicted molar refractivity (Wildman–Crippen MR) is 55.0 cm³/mol. The molecule has 1 aromatic rings. The van der Waals surface area contributed by atoms with Crippen molar-refractivity contribution in [3.8, 4) is 0 Å². The maximum absolute atomic E-state index is 9.77. The average Bonchev–Trinajstić information content (AvgIpc) is 2.23. The van der Waals surface area contributed by atoms with Crippen LogP contribution >= 0.6 is 0 Å². The molecule has 1 aliphatic heterocycles. The van der Waals surface area contributed by atoms with Gasteiger partial charge in [0, 0.05) is 12.2 Å². The fourth-order valence-corrected chi connectivity index (χ4v) is 1.86. The van der Waals surface area contributed by atoms with Crippen LogP contribution in [0.4, 0.5) is 5.69 Å². The predicted octanol–water partition coefficient (Wildman–Crippen LogP) is 0.966. The Labute approximate surface area is 83.6 Å². The van der Waals surface area contributed by atoms with Crippen LogP contribution in [0.1, 0.15) is 12.8 Å². The summed E-state index contributed by atoms with van der Waals surface area (Å²) in [7, 11) is 0. The van der Waals surface area contributed by atoms with Gasteiger partial charge in [-0.05, 0) is 25.0 Å². The van der Waals surface area contributed by atoms with Crippen LogP contribution in [0, 0.1) is 0 Å². The number of hydrogen-bond acceptors (Lipinski definition) is 3. The van der Waals surface area contributed by atoms with Crippen LogP contribution in [0.15, 0.2) is 30.3 Å². The number of hydrogen-bond donors (Lipinski definition) is 2. The second-order valence-electron chi connectivity index (χ2n) is 3.65. The van der Waals surface area contributed by atoms with E-state index in [0.717, 1.165) is 18.7 Å². The zero-order valence-corrected chi connectivity index (χ0v) is 8.00. The Kier molecular flexibility index (Phi) is 2.70. The largest absolute Gasteiger partial charge is 0.388 e. The van der Waals surface area contributed by atoms with Gasteiger partial charge in [-0.2, -0.15) is 0 Å². The molecule has 0 amide bonds. The first-order valence-electron chi connectivity index (χ1n) is 4.97. The molecule has 1 aromatic carbocycles. The van der Waals surface area contributed by atoms with E-state index in [2.05, 4.69) is 0 Å². The molecule has 0 aromatic heterocycles. The summed E-state index contributed by atoms with van der Waals surface area (Å²) >= 11 is 0. The van der Waals surface area contributed by atoms with Gasteiger partial charge in [0.1, 0.15) is 0 Å². The van der Waals surface area contributed by atoms with Gasteiger partial charge in [0.2, 0.25) is 0 Å². The highest BCUT2D eigenvalue weighted by atomic mass is 16.3. The van der Waals surface area contributed by atoms with Gasteiger partial charge in [0.25, 0.3) is 0 Å². The number of rotatable bonds is 1. The number of nitrogens with zero attached hydrogens (tertiary/aromatic N) is 1. The third-order valence-electron chi connectivity index (χ3n) is 2.65. The standard InChI is InChI=1S/C11H15NO2/c13-10-7-4-8-12(11(10)14)9-5-2-1-3-6-9/h1-3,5-6,10-11,13-14H,4,7-8H2. The van der Waals surface area contributed by atoms with E-state index in [-0.39, 0.29) is 0 Å². The van der Waals surface area contributed by atoms with Crippen molar-refractivity contribution in [1.29, 1.82) is 0 Å². The highest BCUT2D eigenvalue weighted by molar-refractivity contribution is 5.47. The van der Waals surface area contributed by atoms with Crippen molar-refractivity contribution in [2.75, 3.05) is 11.4 Å². The zero-order chi connectivity index (χ0) is 9.97. The molecular formula is C11H15NO2. The summed E-state index contributed by atoms with van der Waals surface area (Å²) in [4.78, 5) is 1.84. The fourth-order valence-electron chi connectivity index (χ4n) is 1.86. The molecule has 0 spiro atoms. The summed E-state index contributed by atoms with van der Waals surface area (Å²) in [6.07, 6.45) is 0.229. The monoisotopic (exact) mass is 193 g/mol. The Morgan fingerprint density at radius 3 is 2.57 bits per heavy atom. The van der Waals surface area contributed by atoms with E-state index in [0.29, 0.717) is 6.42 Å². The van der Waals surface area contributed by atoms with Crippen molar-refractivity contribution in [1.82, 2.24) is 0 Å². The van der Waals surface area contributed by atoms with Gasteiger partial charge in [-0.15, -0.1) is 0 Å². The van der Waals surface area contributed by atoms with E-state index < -0.39 is 12.3 Å². The molecule has 2 atom stereocenters. The Morgan fingerprint density at radius 2 is 1.86 bits per heavy atom. The third-order valence-corrected chi connectivity index (χ3v) is 2.65. The number of aliphatic hydroxyl groups is 2. The average molecular weight is 193 g/mol. The first-order valence-corrected chi connectivity index (χ1v) is 4.97. The Morgan fingerprint density at radius 1 is 1.14 bits per heavy atom. The summed E-state index contributed by atoms with van der Waals surface area (Å²) < 4.78 is 0. The van der Waals surface area contributed by atoms with Gasteiger partial charge >= 0.3 is 0 Å². The SMILES string of the molecule is OC1CCCN(c2ccccc2)C1O. The molecule has 2 rings (SSSR count). The van der Waals surface area contributed by atoms with E-state index in [9.17, 15) is 10.2 Å². The second-order valence-corrected chi connectivity index (χ2v) is 3.65. The molecule has 76 valence electrons. The zero-order valence-electron chi connectivity index (χ0n) is 8.00. The second kappa shape index (κ2) is 3.98. The number of aliphatic hydroxyl groups excluding tert-OH is 2. The van der Waals surface area contributed by atoms with E-state index in [1.165, 1.54) is 0 Å². The molecule has 0 saturated carbocycles. The molecule has 1 saturated heterocycles. The maximum atomic E-state index is 9.77. The first kappa shape index (κ1) is 9.49. The molecular weight excluding hydrogens is 178 g/mol. The first-order chi connectivity index (χ1) is 6.79. The molecule has 2 unspecified atom stereocenters. The van der Waals surface area contributed by atoms with Crippen molar-refractivity contribution < 1.29 is 10.2 Å². The van der Waals surface area contributed by atoms with Crippen molar-refractivity contribution in [3.05, 3.63) is 30.3 Å². The topological polar surface area (TPSA) is 43.7 Å². The number of para-hydroxylation sites is 1. The highest BCUT2D eigenvalue weighted by Gasteiger charge is 2.27. The molecule has 1 fully saturated rings. The number of anilines is 1. The lowest BCUT2D eigenvalue weighted by Gasteiger charge is -2.37. The van der Waals surface area contributed by atoms with Crippen molar-refractivity contribution in [2.24, 2.45) is 0 Å². The van der Waals surface area contributed by atoms with Gasteiger partial charge in [-0.25, -0.2) is 0 Å². The smallest absolute Gasteiger partial charge is 0.153 e. The molecule has 14 heavy (non-hydrogen) atoms. The Hall–Kier alpha value is -1.06. The van der Waals surface area contributed by atoms with Crippen LogP contribution in [0.25, 0.3) is 0 Å². The van der Waals surface area contributed by atoms with Gasteiger partial charge in [0.05, 0.1) is 6.10 Å². The van der Waals surface area contributed by atoms with Crippen LogP contribution in [0.5, 0.6) is 0 Å². The molecule has 0 aliphatic carbocycles. The maximum Gasteiger partial charge on any atom is 0.153 e. The highest BCUT2D eigenvalue weighted by Crippen LogP contribution is 2.23. The van der Waals surface area contributed by atoms with Crippen LogP contribution in [0.2, 0.25) is 0 Å². The van der Waals surface area contributed by atoms with Crippen LogP contribution in [-0.2, 0) is 0 Å². The number of benzene rings is 1. The summed E-state index contributed by atoms with van der Waals surface area (Å²) in [5.41, 5.74) is 0.971. The van der Waals surface area contributed by atoms with E-state index in [1.807, 2.05) is 35.2 Å². The summed E-state index contributed by atoms with van der Waals surface area (Å²) in [5, 5.41) is 19.3. The lowest BCUT2D eigenvalue weighted by molar-refractivity contribution is -0.00181. The molecule has 3 heteroatoms. The van der Waals surface area contributed by atoms with Gasteiger partial charge in [-0.1, -0.05) is 18.2 Å². The third kappa shape index (κ3) is 1.74. The summed E-state index contributed by atoms with van der Waals surface area (Å²) in [6, 6.07) is 9.70. The van der Waals surface area contributed by atoms with Crippen LogP contribution in [0.3, 0.4) is 0 Å². The normalized spacial score (nSPS) is 27.7. The fraction of sp³-hybridized carbons (Fsp3) is 0.455. The molecule has 0 bridgehead atoms. The van der Waals surface area contributed by atoms with Gasteiger partial charge in [0.15, 0.2) is 6.23 Å².